The summed E-state index contributed by atoms with van der Waals surface area (Å²) >= 11 is 0. The fourth-order valence-electron chi connectivity index (χ4n) is 2.84. The summed E-state index contributed by atoms with van der Waals surface area (Å²) < 4.78 is 0. The van der Waals surface area contributed by atoms with Gasteiger partial charge in [-0.15, -0.1) is 0 Å². The molecule has 3 heteroatoms. The summed E-state index contributed by atoms with van der Waals surface area (Å²) in [4.78, 5) is 2.38. The van der Waals surface area contributed by atoms with E-state index < -0.39 is 0 Å². The number of nitrogens with zero attached hydrogens (tertiary/aromatic N) is 2. The number of nitrogens with one attached hydrogen (secondary N) is 1. The Morgan fingerprint density at radius 1 is 1.43 bits per heavy atom. The van der Waals surface area contributed by atoms with Gasteiger partial charge in [-0.3, -0.25) is 4.90 Å². The molecule has 78 valence electrons. The highest BCUT2D eigenvalue weighted by atomic mass is 15.2. The van der Waals surface area contributed by atoms with Gasteiger partial charge in [0.1, 0.15) is 0 Å². The first-order chi connectivity index (χ1) is 6.83. The summed E-state index contributed by atoms with van der Waals surface area (Å²) in [7, 11) is 0. The predicted molar refractivity (Wildman–Crippen MR) is 55.8 cm³/mol. The molecule has 2 aliphatic rings. The Kier molecular flexibility index (Phi) is 3.05. The van der Waals surface area contributed by atoms with Gasteiger partial charge in [-0.25, -0.2) is 0 Å². The molecule has 1 N–H and O–H groups in total. The van der Waals surface area contributed by atoms with E-state index in [1.807, 2.05) is 6.92 Å². The lowest BCUT2D eigenvalue weighted by Crippen LogP contribution is -2.47. The zero-order valence-electron chi connectivity index (χ0n) is 8.87. The summed E-state index contributed by atoms with van der Waals surface area (Å²) in [6.07, 6.45) is 5.12. The van der Waals surface area contributed by atoms with E-state index in [0.29, 0.717) is 12.1 Å². The van der Waals surface area contributed by atoms with Crippen LogP contribution in [0.5, 0.6) is 0 Å². The molecule has 0 spiro atoms. The van der Waals surface area contributed by atoms with Gasteiger partial charge in [0, 0.05) is 12.1 Å². The molecule has 2 saturated heterocycles. The molecule has 3 atom stereocenters. The molecule has 0 saturated carbocycles. The van der Waals surface area contributed by atoms with Gasteiger partial charge in [-0.05, 0) is 45.7 Å². The van der Waals surface area contributed by atoms with Gasteiger partial charge >= 0.3 is 0 Å². The third-order valence-electron chi connectivity index (χ3n) is 3.59. The van der Waals surface area contributed by atoms with E-state index in [-0.39, 0.29) is 6.04 Å². The first-order valence-corrected chi connectivity index (χ1v) is 5.71. The Morgan fingerprint density at radius 3 is 2.93 bits per heavy atom. The third-order valence-corrected chi connectivity index (χ3v) is 3.59. The minimum atomic E-state index is 0.0879. The first kappa shape index (κ1) is 9.95. The van der Waals surface area contributed by atoms with Crippen molar-refractivity contribution in [1.82, 2.24) is 10.2 Å². The molecule has 2 aliphatic heterocycles. The van der Waals surface area contributed by atoms with E-state index >= 15 is 0 Å². The third kappa shape index (κ3) is 1.77. The Hall–Kier alpha value is -0.590. The normalized spacial score (nSPS) is 35.7. The van der Waals surface area contributed by atoms with Crippen molar-refractivity contribution in [2.75, 3.05) is 13.1 Å². The van der Waals surface area contributed by atoms with Crippen molar-refractivity contribution >= 4 is 0 Å². The fraction of sp³-hybridized carbons (Fsp3) is 0.909. The van der Waals surface area contributed by atoms with Gasteiger partial charge in [0.15, 0.2) is 0 Å². The van der Waals surface area contributed by atoms with E-state index in [1.54, 1.807) is 0 Å². The molecule has 3 nitrogen and oxygen atoms in total. The second-order valence-electron chi connectivity index (χ2n) is 4.46. The Morgan fingerprint density at radius 2 is 2.29 bits per heavy atom. The minimum Gasteiger partial charge on any atom is -0.312 e. The highest BCUT2D eigenvalue weighted by Gasteiger charge is 2.35. The molecule has 2 heterocycles. The highest BCUT2D eigenvalue weighted by molar-refractivity contribution is 4.99. The van der Waals surface area contributed by atoms with Crippen LogP contribution in [0.2, 0.25) is 0 Å². The maximum atomic E-state index is 8.94. The number of hydrogen-bond donors (Lipinski definition) is 1. The van der Waals surface area contributed by atoms with Crippen molar-refractivity contribution in [2.45, 2.75) is 50.7 Å². The summed E-state index contributed by atoms with van der Waals surface area (Å²) in [6.45, 7) is 4.29. The average molecular weight is 193 g/mol. The van der Waals surface area contributed by atoms with Crippen LogP contribution in [0.15, 0.2) is 0 Å². The van der Waals surface area contributed by atoms with Crippen LogP contribution >= 0.6 is 0 Å². The molecule has 0 aliphatic carbocycles. The minimum absolute atomic E-state index is 0.0879. The van der Waals surface area contributed by atoms with Crippen LogP contribution in [-0.2, 0) is 0 Å². The van der Waals surface area contributed by atoms with E-state index in [1.165, 1.54) is 25.7 Å². The topological polar surface area (TPSA) is 39.1 Å². The monoisotopic (exact) mass is 193 g/mol. The summed E-state index contributed by atoms with van der Waals surface area (Å²) in [5.41, 5.74) is 0. The number of rotatable bonds is 2. The maximum Gasteiger partial charge on any atom is 0.0952 e. The predicted octanol–water partition coefficient (Wildman–Crippen LogP) is 1.11. The van der Waals surface area contributed by atoms with E-state index in [4.69, 9.17) is 5.26 Å². The van der Waals surface area contributed by atoms with Gasteiger partial charge in [-0.2, -0.15) is 5.26 Å². The van der Waals surface area contributed by atoms with E-state index in [9.17, 15) is 0 Å². The Balaban J connectivity index is 1.99. The fourth-order valence-corrected chi connectivity index (χ4v) is 2.84. The van der Waals surface area contributed by atoms with Crippen molar-refractivity contribution in [3.8, 4) is 6.07 Å². The molecule has 2 fully saturated rings. The molecular weight excluding hydrogens is 174 g/mol. The Labute approximate surface area is 86.1 Å². The first-order valence-electron chi connectivity index (χ1n) is 5.71. The lowest BCUT2D eigenvalue weighted by atomic mass is 10.0. The van der Waals surface area contributed by atoms with E-state index in [2.05, 4.69) is 16.3 Å². The molecule has 2 rings (SSSR count). The van der Waals surface area contributed by atoms with Crippen LogP contribution in [0.1, 0.15) is 32.6 Å². The smallest absolute Gasteiger partial charge is 0.0952 e. The number of hydrogen-bond acceptors (Lipinski definition) is 3. The number of likely N-dealkylation sites (tertiary alicyclic amines) is 1. The van der Waals surface area contributed by atoms with Crippen molar-refractivity contribution in [3.05, 3.63) is 0 Å². The van der Waals surface area contributed by atoms with Crippen molar-refractivity contribution in [1.29, 1.82) is 5.26 Å². The van der Waals surface area contributed by atoms with Crippen molar-refractivity contribution in [3.63, 3.8) is 0 Å². The van der Waals surface area contributed by atoms with Crippen LogP contribution in [0.3, 0.4) is 0 Å². The summed E-state index contributed by atoms with van der Waals surface area (Å²) in [5.74, 6) is 0. The molecule has 0 aromatic rings. The molecule has 0 bridgehead atoms. The van der Waals surface area contributed by atoms with Crippen molar-refractivity contribution < 1.29 is 0 Å². The highest BCUT2D eigenvalue weighted by Crippen LogP contribution is 2.26. The molecule has 14 heavy (non-hydrogen) atoms. The van der Waals surface area contributed by atoms with E-state index in [0.717, 1.165) is 13.1 Å². The second-order valence-corrected chi connectivity index (χ2v) is 4.46. The maximum absolute atomic E-state index is 8.94. The van der Waals surface area contributed by atoms with Gasteiger partial charge in [0.25, 0.3) is 0 Å². The molecular formula is C11H19N3. The summed E-state index contributed by atoms with van der Waals surface area (Å²) in [6, 6.07) is 3.71. The SMILES string of the molecule is CC(C#N)N1CCCC1C1CCCN1. The average Bonchev–Trinajstić information content (AvgIpc) is 2.85. The van der Waals surface area contributed by atoms with Crippen LogP contribution in [0, 0.1) is 11.3 Å². The largest absolute Gasteiger partial charge is 0.312 e. The summed E-state index contributed by atoms with van der Waals surface area (Å²) in [5, 5.41) is 12.5. The Bertz CT molecular complexity index is 227. The molecule has 0 aromatic heterocycles. The second kappa shape index (κ2) is 4.29. The van der Waals surface area contributed by atoms with Crippen LogP contribution in [0.25, 0.3) is 0 Å². The van der Waals surface area contributed by atoms with Crippen molar-refractivity contribution in [2.24, 2.45) is 0 Å². The quantitative estimate of drug-likeness (QED) is 0.714. The van der Waals surface area contributed by atoms with Gasteiger partial charge in [-0.1, -0.05) is 0 Å². The molecule has 0 amide bonds. The lowest BCUT2D eigenvalue weighted by Gasteiger charge is -2.31. The van der Waals surface area contributed by atoms with Gasteiger partial charge in [0.2, 0.25) is 0 Å². The zero-order valence-corrected chi connectivity index (χ0v) is 8.87. The lowest BCUT2D eigenvalue weighted by molar-refractivity contribution is 0.192. The number of nitriles is 1. The van der Waals surface area contributed by atoms with Gasteiger partial charge in [0.05, 0.1) is 12.1 Å². The van der Waals surface area contributed by atoms with Crippen LogP contribution < -0.4 is 5.32 Å². The molecule has 0 radical (unpaired) electrons. The standard InChI is InChI=1S/C11H19N3/c1-9(8-12)14-7-3-5-11(14)10-4-2-6-13-10/h9-11,13H,2-7H2,1H3. The van der Waals surface area contributed by atoms with Gasteiger partial charge < -0.3 is 5.32 Å². The van der Waals surface area contributed by atoms with Crippen LogP contribution in [-0.4, -0.2) is 36.1 Å². The zero-order chi connectivity index (χ0) is 9.97. The van der Waals surface area contributed by atoms with Crippen LogP contribution in [0.4, 0.5) is 0 Å². The molecule has 3 unspecified atom stereocenters. The molecule has 0 aromatic carbocycles.